The molecule has 0 fully saturated rings. The van der Waals surface area contributed by atoms with Gasteiger partial charge in [0.15, 0.2) is 0 Å². The van der Waals surface area contributed by atoms with Gasteiger partial charge in [-0.2, -0.15) is 0 Å². The second-order valence-corrected chi connectivity index (χ2v) is 7.50. The van der Waals surface area contributed by atoms with Crippen molar-refractivity contribution in [1.82, 2.24) is 0 Å². The normalized spacial score (nSPS) is 14.7. The van der Waals surface area contributed by atoms with Gasteiger partial charge in [0.1, 0.15) is 6.17 Å². The van der Waals surface area contributed by atoms with Crippen molar-refractivity contribution in [1.29, 1.82) is 0 Å². The molecule has 0 spiro atoms. The first-order valence-electron chi connectivity index (χ1n) is 9.24. The van der Waals surface area contributed by atoms with E-state index in [-0.39, 0.29) is 0 Å². The van der Waals surface area contributed by atoms with Gasteiger partial charge in [-0.15, -0.1) is 0 Å². The lowest BCUT2D eigenvalue weighted by Gasteiger charge is -2.35. The third-order valence-corrected chi connectivity index (χ3v) is 5.18. The molecule has 3 rings (SSSR count). The van der Waals surface area contributed by atoms with Crippen molar-refractivity contribution in [2.24, 2.45) is 0 Å². The molecule has 0 unspecified atom stereocenters. The second-order valence-electron chi connectivity index (χ2n) is 7.50. The van der Waals surface area contributed by atoms with E-state index in [1.165, 1.54) is 44.8 Å². The highest BCUT2D eigenvalue weighted by molar-refractivity contribution is 5.70. The molecule has 0 aromatic heterocycles. The smallest absolute Gasteiger partial charge is 0.110 e. The molecule has 1 heterocycles. The Bertz CT molecular complexity index is 718. The van der Waals surface area contributed by atoms with Crippen molar-refractivity contribution >= 4 is 11.4 Å². The Kier molecular flexibility index (Phi) is 4.64. The van der Waals surface area contributed by atoms with E-state index in [1.807, 2.05) is 0 Å². The molecule has 0 atom stereocenters. The summed E-state index contributed by atoms with van der Waals surface area (Å²) in [7, 11) is 0. The number of hydrogen-bond acceptors (Lipinski definition) is 2. The summed E-state index contributed by atoms with van der Waals surface area (Å²) in [5, 5.41) is 0. The van der Waals surface area contributed by atoms with Gasteiger partial charge in [-0.05, 0) is 70.2 Å². The third-order valence-electron chi connectivity index (χ3n) is 5.18. The Morgan fingerprint density at radius 2 is 0.960 bits per heavy atom. The quantitative estimate of drug-likeness (QED) is 0.672. The predicted octanol–water partition coefficient (Wildman–Crippen LogP) is 6.07. The summed E-state index contributed by atoms with van der Waals surface area (Å²) in [5.74, 6) is 0. The van der Waals surface area contributed by atoms with Crippen molar-refractivity contribution in [3.63, 3.8) is 0 Å². The van der Waals surface area contributed by atoms with Gasteiger partial charge in [0.2, 0.25) is 0 Å². The van der Waals surface area contributed by atoms with E-state index in [0.29, 0.717) is 6.17 Å². The van der Waals surface area contributed by atoms with E-state index >= 15 is 0 Å². The topological polar surface area (TPSA) is 6.48 Å². The summed E-state index contributed by atoms with van der Waals surface area (Å²) >= 11 is 0. The van der Waals surface area contributed by atoms with E-state index in [1.54, 1.807) is 0 Å². The second kappa shape index (κ2) is 6.59. The zero-order valence-electron chi connectivity index (χ0n) is 16.6. The predicted molar refractivity (Wildman–Crippen MR) is 109 cm³/mol. The van der Waals surface area contributed by atoms with Crippen molar-refractivity contribution in [2.75, 3.05) is 9.80 Å². The SMILES string of the molecule is CCC1N(c2c(C)cc(C)cc2C)C=CN1c1c(C)cc(C)cc1C. The Hall–Kier alpha value is -2.22. The first kappa shape index (κ1) is 17.6. The van der Waals surface area contributed by atoms with Crippen LogP contribution in [0.3, 0.4) is 0 Å². The number of anilines is 2. The fraction of sp³-hybridized carbons (Fsp3) is 0.391. The van der Waals surface area contributed by atoms with Crippen LogP contribution >= 0.6 is 0 Å². The first-order chi connectivity index (χ1) is 11.8. The summed E-state index contributed by atoms with van der Waals surface area (Å²) in [6, 6.07) is 9.14. The van der Waals surface area contributed by atoms with Gasteiger partial charge in [-0.25, -0.2) is 0 Å². The van der Waals surface area contributed by atoms with Crippen LogP contribution in [0.4, 0.5) is 11.4 Å². The molecule has 1 aliphatic rings. The van der Waals surface area contributed by atoms with Gasteiger partial charge in [-0.1, -0.05) is 42.3 Å². The number of benzene rings is 2. The summed E-state index contributed by atoms with van der Waals surface area (Å²) < 4.78 is 0. The molecule has 132 valence electrons. The summed E-state index contributed by atoms with van der Waals surface area (Å²) in [4.78, 5) is 4.89. The van der Waals surface area contributed by atoms with Crippen LogP contribution in [0.5, 0.6) is 0 Å². The number of hydrogen-bond donors (Lipinski definition) is 0. The third kappa shape index (κ3) is 3.06. The lowest BCUT2D eigenvalue weighted by atomic mass is 10.0. The van der Waals surface area contributed by atoms with Gasteiger partial charge in [-0.3, -0.25) is 0 Å². The van der Waals surface area contributed by atoms with Crippen molar-refractivity contribution < 1.29 is 0 Å². The zero-order chi connectivity index (χ0) is 18.3. The minimum atomic E-state index is 0.320. The molecule has 0 saturated carbocycles. The molecule has 0 amide bonds. The van der Waals surface area contributed by atoms with Crippen LogP contribution in [-0.4, -0.2) is 6.17 Å². The highest BCUT2D eigenvalue weighted by Crippen LogP contribution is 2.37. The molecule has 0 radical (unpaired) electrons. The molecule has 2 aromatic carbocycles. The summed E-state index contributed by atoms with van der Waals surface area (Å²) in [5.41, 5.74) is 10.7. The summed E-state index contributed by atoms with van der Waals surface area (Å²) in [6.45, 7) is 15.5. The Morgan fingerprint density at radius 3 is 1.24 bits per heavy atom. The molecule has 2 heteroatoms. The lowest BCUT2D eigenvalue weighted by Crippen LogP contribution is -2.39. The Balaban J connectivity index is 2.05. The van der Waals surface area contributed by atoms with Gasteiger partial charge in [0, 0.05) is 23.8 Å². The van der Waals surface area contributed by atoms with Crippen molar-refractivity contribution in [3.05, 3.63) is 70.0 Å². The molecule has 25 heavy (non-hydrogen) atoms. The minimum absolute atomic E-state index is 0.320. The summed E-state index contributed by atoms with van der Waals surface area (Å²) in [6.07, 6.45) is 5.88. The highest BCUT2D eigenvalue weighted by Gasteiger charge is 2.30. The van der Waals surface area contributed by atoms with E-state index < -0.39 is 0 Å². The number of nitrogens with zero attached hydrogens (tertiary/aromatic N) is 2. The average Bonchev–Trinajstić information content (AvgIpc) is 2.88. The van der Waals surface area contributed by atoms with Crippen LogP contribution in [-0.2, 0) is 0 Å². The maximum atomic E-state index is 2.45. The van der Waals surface area contributed by atoms with Crippen molar-refractivity contribution in [3.8, 4) is 0 Å². The van der Waals surface area contributed by atoms with Gasteiger partial charge < -0.3 is 9.80 Å². The largest absolute Gasteiger partial charge is 0.325 e. The first-order valence-corrected chi connectivity index (χ1v) is 9.24. The Morgan fingerprint density at radius 1 is 0.640 bits per heavy atom. The monoisotopic (exact) mass is 334 g/mol. The van der Waals surface area contributed by atoms with E-state index in [4.69, 9.17) is 0 Å². The van der Waals surface area contributed by atoms with Crippen LogP contribution in [0.25, 0.3) is 0 Å². The molecule has 0 N–H and O–H groups in total. The van der Waals surface area contributed by atoms with Crippen LogP contribution in [0.15, 0.2) is 36.7 Å². The number of aryl methyl sites for hydroxylation is 6. The number of rotatable bonds is 3. The molecule has 2 nitrogen and oxygen atoms in total. The molecule has 1 aliphatic heterocycles. The fourth-order valence-electron chi connectivity index (χ4n) is 4.48. The van der Waals surface area contributed by atoms with Gasteiger partial charge in [0.25, 0.3) is 0 Å². The maximum Gasteiger partial charge on any atom is 0.110 e. The molecule has 0 aliphatic carbocycles. The van der Waals surface area contributed by atoms with E-state index in [0.717, 1.165) is 6.42 Å². The Labute approximate surface area is 152 Å². The lowest BCUT2D eigenvalue weighted by molar-refractivity contribution is 0.654. The van der Waals surface area contributed by atoms with Crippen LogP contribution in [0.2, 0.25) is 0 Å². The molecule has 0 saturated heterocycles. The molecular formula is C23H30N2. The minimum Gasteiger partial charge on any atom is -0.325 e. The fourth-order valence-corrected chi connectivity index (χ4v) is 4.48. The van der Waals surface area contributed by atoms with Crippen molar-refractivity contribution in [2.45, 2.75) is 61.1 Å². The van der Waals surface area contributed by atoms with E-state index in [9.17, 15) is 0 Å². The average molecular weight is 335 g/mol. The maximum absolute atomic E-state index is 2.45. The van der Waals surface area contributed by atoms with Crippen LogP contribution < -0.4 is 9.80 Å². The van der Waals surface area contributed by atoms with Gasteiger partial charge in [0.05, 0.1) is 0 Å². The van der Waals surface area contributed by atoms with E-state index in [2.05, 4.69) is 94.9 Å². The standard InChI is InChI=1S/C23H30N2/c1-8-21-24(22-17(4)11-15(2)12-18(22)5)9-10-25(21)23-19(6)13-16(3)14-20(23)7/h9-14,21H,8H2,1-7H3. The van der Waals surface area contributed by atoms with Crippen LogP contribution in [0.1, 0.15) is 46.7 Å². The molecule has 0 bridgehead atoms. The molecule has 2 aromatic rings. The highest BCUT2D eigenvalue weighted by atomic mass is 15.4. The molecular weight excluding hydrogens is 304 g/mol. The van der Waals surface area contributed by atoms with Gasteiger partial charge >= 0.3 is 0 Å². The zero-order valence-corrected chi connectivity index (χ0v) is 16.6. The van der Waals surface area contributed by atoms with Crippen LogP contribution in [0, 0.1) is 41.5 Å².